The molecule has 0 amide bonds. The summed E-state index contributed by atoms with van der Waals surface area (Å²) in [7, 11) is -3.12. The Morgan fingerprint density at radius 1 is 0.907 bits per heavy atom. The Kier molecular flexibility index (Phi) is 20.7. The van der Waals surface area contributed by atoms with Crippen molar-refractivity contribution in [3.05, 3.63) is 29.8 Å². The van der Waals surface area contributed by atoms with E-state index in [1.807, 2.05) is 12.1 Å². The van der Waals surface area contributed by atoms with Crippen molar-refractivity contribution in [1.82, 2.24) is 0 Å². The van der Waals surface area contributed by atoms with Crippen LogP contribution >= 0.6 is 19.8 Å². The summed E-state index contributed by atoms with van der Waals surface area (Å²) in [6, 6.07) is 8.23. The summed E-state index contributed by atoms with van der Waals surface area (Å²) in [5, 5.41) is 7.77. The van der Waals surface area contributed by atoms with E-state index >= 15 is 0 Å². The lowest BCUT2D eigenvalue weighted by atomic mass is 9.87. The van der Waals surface area contributed by atoms with Crippen LogP contribution in [0.4, 0.5) is 0 Å². The number of carbonyl (C=O) groups is 1. The van der Waals surface area contributed by atoms with Gasteiger partial charge in [0.1, 0.15) is 5.75 Å². The maximum Gasteiger partial charge on any atom is 0.554 e. The maximum absolute atomic E-state index is 12.3. The summed E-state index contributed by atoms with van der Waals surface area (Å²) in [6.07, 6.45) is 14.1. The number of aliphatic carboxylic acids is 1. The first-order valence-corrected chi connectivity index (χ1v) is 18.8. The number of carboxylic acids is 1. The van der Waals surface area contributed by atoms with Gasteiger partial charge in [-0.3, -0.25) is 0 Å². The van der Waals surface area contributed by atoms with Crippen molar-refractivity contribution in [3.63, 3.8) is 0 Å². The van der Waals surface area contributed by atoms with Crippen molar-refractivity contribution >= 4 is 25.8 Å². The van der Waals surface area contributed by atoms with E-state index in [4.69, 9.17) is 14.2 Å². The van der Waals surface area contributed by atoms with Crippen molar-refractivity contribution in [2.45, 2.75) is 148 Å². The Balaban J connectivity index is 2.59. The Morgan fingerprint density at radius 3 is 2.05 bits per heavy atom. The summed E-state index contributed by atoms with van der Waals surface area (Å²) in [5.41, 5.74) is 1.31. The van der Waals surface area contributed by atoms with Crippen molar-refractivity contribution in [2.75, 3.05) is 24.7 Å². The molecule has 0 fully saturated rings. The Morgan fingerprint density at radius 2 is 1.49 bits per heavy atom. The minimum atomic E-state index is -3.12. The van der Waals surface area contributed by atoms with Gasteiger partial charge in [-0.05, 0) is 66.0 Å². The van der Waals surface area contributed by atoms with E-state index in [0.29, 0.717) is 18.8 Å². The first kappa shape index (κ1) is 39.8. The Hall–Kier alpha value is -1.18. The van der Waals surface area contributed by atoms with E-state index in [1.54, 1.807) is 6.92 Å². The minimum Gasteiger partial charge on any atom is -0.490 e. The van der Waals surface area contributed by atoms with E-state index < -0.39 is 19.3 Å². The fraction of sp³-hybridized carbons (Fsp3) is 0.794. The van der Waals surface area contributed by atoms with E-state index in [2.05, 4.69) is 46.8 Å². The summed E-state index contributed by atoms with van der Waals surface area (Å²) in [6.45, 7) is 13.2. The molecule has 2 N–H and O–H groups in total. The molecular formula is C34H60O7PS+. The number of hydrogen-bond acceptors (Lipinski definition) is 6. The highest BCUT2D eigenvalue weighted by Gasteiger charge is 2.59. The highest BCUT2D eigenvalue weighted by atomic mass is 32.2. The fourth-order valence-corrected chi connectivity index (χ4v) is 6.84. The summed E-state index contributed by atoms with van der Waals surface area (Å²) < 4.78 is 30.1. The molecule has 1 aromatic rings. The molecule has 0 bridgehead atoms. The molecule has 0 aromatic heterocycles. The van der Waals surface area contributed by atoms with Crippen LogP contribution in [0, 0.1) is 0 Å². The standard InChI is InChI=1S/C34H59O7PS/c1-7-9-11-12-13-14-15-17-24-39-28(3)26-40-34(32(35)36,42(37)38)27-43-25-23-30(18-16-10-8-2)41-31-21-19-29(20-22-31)33(4,5)6/h19-22,28,30H,7-18,23-27H2,1-6H3,(H-,35,36,37,38)/p+1. The van der Waals surface area contributed by atoms with Gasteiger partial charge in [-0.25, -0.2) is 4.79 Å². The predicted octanol–water partition coefficient (Wildman–Crippen LogP) is 9.51. The minimum absolute atomic E-state index is 0.0210. The molecule has 4 unspecified atom stereocenters. The number of rotatable bonds is 26. The molecule has 0 spiro atoms. The SMILES string of the molecule is CCCCCCCCCCOC(C)COC(CSCCC(CCCCC)Oc1ccc(C(C)(C)C)cc1)(C(=O)O)[P+](=O)O. The summed E-state index contributed by atoms with van der Waals surface area (Å²) >= 11 is 1.32. The van der Waals surface area contributed by atoms with Crippen molar-refractivity contribution in [1.29, 1.82) is 0 Å². The summed E-state index contributed by atoms with van der Waals surface area (Å²) in [5.74, 6) is -0.139. The molecule has 4 atom stereocenters. The van der Waals surface area contributed by atoms with E-state index in [1.165, 1.54) is 55.9 Å². The maximum atomic E-state index is 12.3. The Bertz CT molecular complexity index is 874. The lowest BCUT2D eigenvalue weighted by Gasteiger charge is -2.23. The number of unbranched alkanes of at least 4 members (excludes halogenated alkanes) is 9. The van der Waals surface area contributed by atoms with Crippen molar-refractivity contribution < 1.29 is 33.6 Å². The van der Waals surface area contributed by atoms with Crippen LogP contribution in [0.2, 0.25) is 0 Å². The number of benzene rings is 1. The van der Waals surface area contributed by atoms with Crippen LogP contribution in [0.5, 0.6) is 5.75 Å². The highest BCUT2D eigenvalue weighted by Crippen LogP contribution is 2.40. The van der Waals surface area contributed by atoms with Crippen molar-refractivity contribution in [3.8, 4) is 5.75 Å². The first-order valence-electron chi connectivity index (χ1n) is 16.5. The first-order chi connectivity index (χ1) is 20.5. The molecule has 0 heterocycles. The van der Waals surface area contributed by atoms with Gasteiger partial charge in [0.25, 0.3) is 0 Å². The normalized spacial score (nSPS) is 15.1. The van der Waals surface area contributed by atoms with E-state index in [-0.39, 0.29) is 30.0 Å². The fourth-order valence-electron chi connectivity index (χ4n) is 4.72. The van der Waals surface area contributed by atoms with Crippen LogP contribution in [0.25, 0.3) is 0 Å². The topological polar surface area (TPSA) is 102 Å². The molecule has 0 aliphatic carbocycles. The van der Waals surface area contributed by atoms with Crippen LogP contribution in [0.1, 0.15) is 131 Å². The molecule has 0 aliphatic heterocycles. The molecule has 0 saturated carbocycles. The largest absolute Gasteiger partial charge is 0.554 e. The van der Waals surface area contributed by atoms with E-state index in [0.717, 1.165) is 44.3 Å². The molecule has 9 heteroatoms. The van der Waals surface area contributed by atoms with Gasteiger partial charge in [0.05, 0.1) is 24.6 Å². The van der Waals surface area contributed by atoms with Crippen LogP contribution in [0.3, 0.4) is 0 Å². The second kappa shape index (κ2) is 22.3. The highest BCUT2D eigenvalue weighted by molar-refractivity contribution is 7.99. The number of thioether (sulfide) groups is 1. The third-order valence-corrected chi connectivity index (χ3v) is 10.1. The van der Waals surface area contributed by atoms with Crippen LogP contribution < -0.4 is 4.74 Å². The van der Waals surface area contributed by atoms with Gasteiger partial charge in [-0.1, -0.05) is 105 Å². The number of ether oxygens (including phenoxy) is 3. The number of hydrogen-bond donors (Lipinski definition) is 2. The zero-order valence-electron chi connectivity index (χ0n) is 27.8. The second-order valence-electron chi connectivity index (χ2n) is 12.7. The van der Waals surface area contributed by atoms with Gasteiger partial charge in [0.15, 0.2) is 0 Å². The molecule has 0 radical (unpaired) electrons. The molecular weight excluding hydrogens is 583 g/mol. The lowest BCUT2D eigenvalue weighted by molar-refractivity contribution is -0.156. The third kappa shape index (κ3) is 16.6. The van der Waals surface area contributed by atoms with Gasteiger partial charge in [-0.15, -0.1) is 0 Å². The zero-order valence-corrected chi connectivity index (χ0v) is 29.5. The quantitative estimate of drug-likeness (QED) is 0.0760. The van der Waals surface area contributed by atoms with Gasteiger partial charge in [0, 0.05) is 6.61 Å². The van der Waals surface area contributed by atoms with Gasteiger partial charge in [0.2, 0.25) is 0 Å². The van der Waals surface area contributed by atoms with Gasteiger partial charge < -0.3 is 19.3 Å². The average molecular weight is 644 g/mol. The number of carboxylic acid groups (broad SMARTS) is 1. The summed E-state index contributed by atoms with van der Waals surface area (Å²) in [4.78, 5) is 22.2. The van der Waals surface area contributed by atoms with E-state index in [9.17, 15) is 19.4 Å². The molecule has 1 rings (SSSR count). The lowest BCUT2D eigenvalue weighted by Crippen LogP contribution is -2.43. The molecule has 43 heavy (non-hydrogen) atoms. The van der Waals surface area contributed by atoms with Crippen LogP contribution in [-0.4, -0.2) is 58.2 Å². The second-order valence-corrected chi connectivity index (χ2v) is 15.1. The molecule has 1 aromatic carbocycles. The van der Waals surface area contributed by atoms with Crippen molar-refractivity contribution in [2.24, 2.45) is 0 Å². The molecule has 0 aliphatic rings. The average Bonchev–Trinajstić information content (AvgIpc) is 2.95. The monoisotopic (exact) mass is 643 g/mol. The van der Waals surface area contributed by atoms with Crippen LogP contribution in [0.15, 0.2) is 24.3 Å². The molecule has 7 nitrogen and oxygen atoms in total. The smallest absolute Gasteiger partial charge is 0.490 e. The predicted molar refractivity (Wildman–Crippen MR) is 180 cm³/mol. The zero-order chi connectivity index (χ0) is 32.1. The van der Waals surface area contributed by atoms with Gasteiger partial charge in [-0.2, -0.15) is 16.7 Å². The van der Waals surface area contributed by atoms with Gasteiger partial charge >= 0.3 is 19.3 Å². The molecule has 0 saturated heterocycles. The Labute approximate surface area is 267 Å². The third-order valence-electron chi connectivity index (χ3n) is 7.63. The van der Waals surface area contributed by atoms with Crippen LogP contribution in [-0.2, 0) is 24.2 Å². The molecule has 248 valence electrons.